The third kappa shape index (κ3) is 3.42. The van der Waals surface area contributed by atoms with Gasteiger partial charge in [0.2, 0.25) is 0 Å². The Morgan fingerprint density at radius 3 is 2.57 bits per heavy atom. The Labute approximate surface area is 130 Å². The molecule has 3 rings (SSSR count). The van der Waals surface area contributed by atoms with Gasteiger partial charge in [-0.3, -0.25) is 9.69 Å². The molecule has 1 saturated carbocycles. The molecule has 0 saturated heterocycles. The lowest BCUT2D eigenvalue weighted by Crippen LogP contribution is -2.40. The van der Waals surface area contributed by atoms with Gasteiger partial charge in [0.15, 0.2) is 5.78 Å². The molecule has 1 heterocycles. The summed E-state index contributed by atoms with van der Waals surface area (Å²) in [4.78, 5) is 15.1. The van der Waals surface area contributed by atoms with Gasteiger partial charge in [0.25, 0.3) is 0 Å². The van der Waals surface area contributed by atoms with Gasteiger partial charge in [-0.05, 0) is 49.1 Å². The molecule has 0 radical (unpaired) electrons. The van der Waals surface area contributed by atoms with Crippen molar-refractivity contribution in [1.29, 1.82) is 0 Å². The summed E-state index contributed by atoms with van der Waals surface area (Å²) in [6.45, 7) is 4.98. The van der Waals surface area contributed by atoms with Crippen molar-refractivity contribution in [1.82, 2.24) is 4.90 Å². The van der Waals surface area contributed by atoms with Gasteiger partial charge in [0, 0.05) is 18.2 Å². The average Bonchev–Trinajstić information content (AvgIpc) is 3.20. The highest BCUT2D eigenvalue weighted by atomic mass is 32.1. The third-order valence-electron chi connectivity index (χ3n) is 4.17. The standard InChI is InChI=1S/C18H21NOS/c1-13-3-5-16(6-4-13)18(20)14(2)19(17-7-8-17)11-15-9-10-21-12-15/h3-6,9-10,12,14,17H,7-8,11H2,1-2H3. The van der Waals surface area contributed by atoms with Crippen molar-refractivity contribution in [3.8, 4) is 0 Å². The normalized spacial score (nSPS) is 16.1. The van der Waals surface area contributed by atoms with Crippen LogP contribution in [0.3, 0.4) is 0 Å². The van der Waals surface area contributed by atoms with Crippen molar-refractivity contribution in [2.24, 2.45) is 0 Å². The van der Waals surface area contributed by atoms with Crippen LogP contribution < -0.4 is 0 Å². The Morgan fingerprint density at radius 1 is 1.29 bits per heavy atom. The summed E-state index contributed by atoms with van der Waals surface area (Å²) >= 11 is 1.72. The van der Waals surface area contributed by atoms with Gasteiger partial charge in [-0.2, -0.15) is 11.3 Å². The summed E-state index contributed by atoms with van der Waals surface area (Å²) in [6, 6.07) is 10.6. The van der Waals surface area contributed by atoms with Gasteiger partial charge >= 0.3 is 0 Å². The molecular weight excluding hydrogens is 278 g/mol. The zero-order valence-electron chi connectivity index (χ0n) is 12.6. The van der Waals surface area contributed by atoms with Crippen LogP contribution in [-0.2, 0) is 6.54 Å². The number of nitrogens with zero attached hydrogens (tertiary/aromatic N) is 1. The minimum absolute atomic E-state index is 0.0555. The molecule has 0 amide bonds. The number of Topliss-reactive ketones (excluding diaryl/α,β-unsaturated/α-hetero) is 1. The zero-order valence-corrected chi connectivity index (χ0v) is 13.4. The molecule has 2 nitrogen and oxygen atoms in total. The number of hydrogen-bond acceptors (Lipinski definition) is 3. The first-order valence-corrected chi connectivity index (χ1v) is 8.47. The van der Waals surface area contributed by atoms with Gasteiger partial charge in [-0.25, -0.2) is 0 Å². The SMILES string of the molecule is Cc1ccc(C(=O)C(C)N(Cc2ccsc2)C2CC2)cc1. The molecule has 110 valence electrons. The van der Waals surface area contributed by atoms with E-state index in [1.54, 1.807) is 11.3 Å². The van der Waals surface area contributed by atoms with Crippen LogP contribution in [0.1, 0.15) is 41.3 Å². The molecule has 1 aromatic carbocycles. The number of benzene rings is 1. The van der Waals surface area contributed by atoms with E-state index in [0.29, 0.717) is 6.04 Å². The lowest BCUT2D eigenvalue weighted by atomic mass is 10.0. The summed E-state index contributed by atoms with van der Waals surface area (Å²) in [6.07, 6.45) is 2.44. The second-order valence-electron chi connectivity index (χ2n) is 5.94. The quantitative estimate of drug-likeness (QED) is 0.742. The zero-order chi connectivity index (χ0) is 14.8. The van der Waals surface area contributed by atoms with Gasteiger partial charge < -0.3 is 0 Å². The van der Waals surface area contributed by atoms with E-state index in [2.05, 4.69) is 21.7 Å². The monoisotopic (exact) mass is 299 g/mol. The second kappa shape index (κ2) is 6.12. The molecule has 2 aromatic rings. The highest BCUT2D eigenvalue weighted by Crippen LogP contribution is 2.31. The Morgan fingerprint density at radius 2 is 2.00 bits per heavy atom. The van der Waals surface area contributed by atoms with E-state index >= 15 is 0 Å². The maximum Gasteiger partial charge on any atom is 0.179 e. The molecule has 1 aromatic heterocycles. The molecule has 21 heavy (non-hydrogen) atoms. The van der Waals surface area contributed by atoms with Crippen LogP contribution in [0, 0.1) is 6.92 Å². The third-order valence-corrected chi connectivity index (χ3v) is 4.91. The molecule has 0 spiro atoms. The smallest absolute Gasteiger partial charge is 0.179 e. The number of carbonyl (C=O) groups excluding carboxylic acids is 1. The summed E-state index contributed by atoms with van der Waals surface area (Å²) in [5.74, 6) is 0.233. The van der Waals surface area contributed by atoms with E-state index in [0.717, 1.165) is 12.1 Å². The molecule has 1 aliphatic rings. The van der Waals surface area contributed by atoms with Crippen molar-refractivity contribution in [3.63, 3.8) is 0 Å². The van der Waals surface area contributed by atoms with Crippen molar-refractivity contribution in [2.75, 3.05) is 0 Å². The first-order chi connectivity index (χ1) is 10.1. The van der Waals surface area contributed by atoms with Gasteiger partial charge in [0.05, 0.1) is 6.04 Å². The molecule has 1 unspecified atom stereocenters. The molecule has 1 aliphatic carbocycles. The van der Waals surface area contributed by atoms with Crippen LogP contribution in [0.4, 0.5) is 0 Å². The first kappa shape index (κ1) is 14.5. The Hall–Kier alpha value is -1.45. The molecule has 3 heteroatoms. The number of ketones is 1. The number of rotatable bonds is 6. The van der Waals surface area contributed by atoms with E-state index in [9.17, 15) is 4.79 Å². The van der Waals surface area contributed by atoms with Crippen LogP contribution in [0.5, 0.6) is 0 Å². The Balaban J connectivity index is 1.75. The molecule has 0 N–H and O–H groups in total. The largest absolute Gasteiger partial charge is 0.292 e. The fourth-order valence-corrected chi connectivity index (χ4v) is 3.35. The van der Waals surface area contributed by atoms with E-state index in [1.807, 2.05) is 38.1 Å². The van der Waals surface area contributed by atoms with Crippen LogP contribution in [0.15, 0.2) is 41.1 Å². The Bertz CT molecular complexity index is 599. The second-order valence-corrected chi connectivity index (χ2v) is 6.72. The summed E-state index contributed by atoms with van der Waals surface area (Å²) in [5, 5.41) is 4.28. The van der Waals surface area contributed by atoms with Gasteiger partial charge in [-0.1, -0.05) is 29.8 Å². The van der Waals surface area contributed by atoms with Crippen molar-refractivity contribution in [3.05, 3.63) is 57.8 Å². The fourth-order valence-electron chi connectivity index (χ4n) is 2.69. The van der Waals surface area contributed by atoms with E-state index < -0.39 is 0 Å². The van der Waals surface area contributed by atoms with Crippen LogP contribution >= 0.6 is 11.3 Å². The predicted molar refractivity (Wildman–Crippen MR) is 87.9 cm³/mol. The molecule has 0 bridgehead atoms. The lowest BCUT2D eigenvalue weighted by molar-refractivity contribution is 0.0815. The van der Waals surface area contributed by atoms with Crippen molar-refractivity contribution >= 4 is 17.1 Å². The molecule has 1 fully saturated rings. The average molecular weight is 299 g/mol. The molecule has 0 aliphatic heterocycles. The lowest BCUT2D eigenvalue weighted by Gasteiger charge is -2.28. The summed E-state index contributed by atoms with van der Waals surface area (Å²) in [7, 11) is 0. The predicted octanol–water partition coefficient (Wildman–Crippen LogP) is 4.29. The maximum atomic E-state index is 12.7. The summed E-state index contributed by atoms with van der Waals surface area (Å²) < 4.78 is 0. The van der Waals surface area contributed by atoms with Crippen LogP contribution in [0.2, 0.25) is 0 Å². The topological polar surface area (TPSA) is 20.3 Å². The van der Waals surface area contributed by atoms with E-state index in [4.69, 9.17) is 0 Å². The highest BCUT2D eigenvalue weighted by molar-refractivity contribution is 7.07. The van der Waals surface area contributed by atoms with Crippen LogP contribution in [0.25, 0.3) is 0 Å². The van der Waals surface area contributed by atoms with E-state index in [1.165, 1.54) is 24.0 Å². The fraction of sp³-hybridized carbons (Fsp3) is 0.389. The van der Waals surface area contributed by atoms with Gasteiger partial charge in [-0.15, -0.1) is 0 Å². The summed E-state index contributed by atoms with van der Waals surface area (Å²) in [5.41, 5.74) is 3.33. The number of thiophene rings is 1. The highest BCUT2D eigenvalue weighted by Gasteiger charge is 2.35. The van der Waals surface area contributed by atoms with Crippen molar-refractivity contribution < 1.29 is 4.79 Å². The molecular formula is C18H21NOS. The number of aryl methyl sites for hydroxylation is 1. The first-order valence-electron chi connectivity index (χ1n) is 7.53. The molecule has 1 atom stereocenters. The number of hydrogen-bond donors (Lipinski definition) is 0. The minimum atomic E-state index is -0.0555. The van der Waals surface area contributed by atoms with Crippen LogP contribution in [-0.4, -0.2) is 22.8 Å². The van der Waals surface area contributed by atoms with E-state index in [-0.39, 0.29) is 11.8 Å². The van der Waals surface area contributed by atoms with Crippen molar-refractivity contribution in [2.45, 2.75) is 45.3 Å². The Kier molecular flexibility index (Phi) is 4.22. The maximum absolute atomic E-state index is 12.7. The van der Waals surface area contributed by atoms with Gasteiger partial charge in [0.1, 0.15) is 0 Å². The number of carbonyl (C=O) groups is 1. The minimum Gasteiger partial charge on any atom is -0.292 e.